The molecule has 0 heterocycles. The molecule has 0 N–H and O–H groups in total. The number of rotatable bonds is 59. The molecule has 1 atom stereocenters. The third-order valence-corrected chi connectivity index (χ3v) is 13.9. The molecule has 0 amide bonds. The highest BCUT2D eigenvalue weighted by molar-refractivity contribution is 5.71. The molecule has 1 unspecified atom stereocenters. The van der Waals surface area contributed by atoms with Gasteiger partial charge in [-0.25, -0.2) is 0 Å². The van der Waals surface area contributed by atoms with Crippen LogP contribution < -0.4 is 0 Å². The van der Waals surface area contributed by atoms with E-state index in [0.29, 0.717) is 19.3 Å². The van der Waals surface area contributed by atoms with Crippen molar-refractivity contribution >= 4 is 17.9 Å². The Hall–Kier alpha value is -4.45. The van der Waals surface area contributed by atoms with Gasteiger partial charge in [-0.2, -0.15) is 0 Å². The fourth-order valence-corrected chi connectivity index (χ4v) is 8.88. The highest BCUT2D eigenvalue weighted by Gasteiger charge is 2.19. The first-order chi connectivity index (χ1) is 39.5. The molecule has 0 aliphatic heterocycles. The molecule has 6 heteroatoms. The zero-order valence-corrected chi connectivity index (χ0v) is 52.0. The number of hydrogen-bond acceptors (Lipinski definition) is 6. The van der Waals surface area contributed by atoms with Crippen LogP contribution in [0.15, 0.2) is 134 Å². The maximum Gasteiger partial charge on any atom is 0.306 e. The number of allylic oxidation sites excluding steroid dienone is 22. The highest BCUT2D eigenvalue weighted by Crippen LogP contribution is 2.15. The number of carbonyl (C=O) groups is 3. The van der Waals surface area contributed by atoms with E-state index in [1.54, 1.807) is 0 Å². The van der Waals surface area contributed by atoms with E-state index in [-0.39, 0.29) is 31.1 Å². The Balaban J connectivity index is 4.36. The molecule has 0 rings (SSSR count). The summed E-state index contributed by atoms with van der Waals surface area (Å²) in [6.07, 6.45) is 94.5. The predicted molar refractivity (Wildman–Crippen MR) is 348 cm³/mol. The lowest BCUT2D eigenvalue weighted by molar-refractivity contribution is -0.167. The molecule has 0 saturated carbocycles. The van der Waals surface area contributed by atoms with Crippen LogP contribution in [0.5, 0.6) is 0 Å². The standard InChI is InChI=1S/C74H122O6/c1-4-7-10-13-16-19-22-25-28-30-32-33-34-35-36-37-38-39-40-41-43-44-46-49-52-55-58-61-64-67-73(76)79-70-71(69-78-72(75)66-63-60-57-54-51-48-27-24-21-18-15-12-9-6-3)80-74(77)68-65-62-59-56-53-50-47-45-42-31-29-26-23-20-17-14-11-8-5-2/h7,10,15-20,24-29,32-33,35-36,38-39,42,45,71H,4-6,8-9,11-14,21-23,30-31,34,37,40-41,43-44,46-70H2,1-3H3/b10-7-,18-15-,19-16-,20-17-,27-24-,28-25-,29-26-,33-32-,36-35-,39-38-,45-42-. The Morgan fingerprint density at radius 2 is 0.500 bits per heavy atom. The molecule has 0 aliphatic carbocycles. The Labute approximate surface area is 494 Å². The van der Waals surface area contributed by atoms with Crippen molar-refractivity contribution in [1.82, 2.24) is 0 Å². The van der Waals surface area contributed by atoms with Crippen LogP contribution in [0.3, 0.4) is 0 Å². The van der Waals surface area contributed by atoms with Crippen LogP contribution in [0.4, 0.5) is 0 Å². The lowest BCUT2D eigenvalue weighted by atomic mass is 10.1. The second kappa shape index (κ2) is 67.1. The molecule has 0 spiro atoms. The van der Waals surface area contributed by atoms with Gasteiger partial charge in [0, 0.05) is 19.3 Å². The normalized spacial score (nSPS) is 13.0. The van der Waals surface area contributed by atoms with Gasteiger partial charge in [-0.05, 0) is 135 Å². The van der Waals surface area contributed by atoms with E-state index in [1.807, 2.05) is 0 Å². The van der Waals surface area contributed by atoms with Gasteiger partial charge in [0.1, 0.15) is 13.2 Å². The van der Waals surface area contributed by atoms with Crippen LogP contribution in [0.2, 0.25) is 0 Å². The zero-order valence-electron chi connectivity index (χ0n) is 52.0. The fraction of sp³-hybridized carbons (Fsp3) is 0.662. The minimum atomic E-state index is -0.798. The van der Waals surface area contributed by atoms with E-state index in [1.165, 1.54) is 109 Å². The van der Waals surface area contributed by atoms with Gasteiger partial charge in [0.15, 0.2) is 6.10 Å². The van der Waals surface area contributed by atoms with E-state index in [9.17, 15) is 14.4 Å². The van der Waals surface area contributed by atoms with Crippen LogP contribution >= 0.6 is 0 Å². The van der Waals surface area contributed by atoms with Gasteiger partial charge in [-0.1, -0.05) is 276 Å². The molecule has 0 bridgehead atoms. The first-order valence-electron chi connectivity index (χ1n) is 33.2. The smallest absolute Gasteiger partial charge is 0.306 e. The van der Waals surface area contributed by atoms with Crippen molar-refractivity contribution in [2.45, 2.75) is 303 Å². The summed E-state index contributed by atoms with van der Waals surface area (Å²) in [4.78, 5) is 38.4. The summed E-state index contributed by atoms with van der Waals surface area (Å²) in [5, 5.41) is 0. The predicted octanol–water partition coefficient (Wildman–Crippen LogP) is 22.9. The molecule has 0 radical (unpaired) electrons. The summed E-state index contributed by atoms with van der Waals surface area (Å²) in [7, 11) is 0. The lowest BCUT2D eigenvalue weighted by Crippen LogP contribution is -2.30. The number of ether oxygens (including phenoxy) is 3. The van der Waals surface area contributed by atoms with E-state index >= 15 is 0 Å². The molecule has 454 valence electrons. The molecule has 0 aromatic heterocycles. The molecule has 80 heavy (non-hydrogen) atoms. The fourth-order valence-electron chi connectivity index (χ4n) is 8.88. The lowest BCUT2D eigenvalue weighted by Gasteiger charge is -2.18. The van der Waals surface area contributed by atoms with Crippen molar-refractivity contribution in [2.24, 2.45) is 0 Å². The maximum atomic E-state index is 12.9. The maximum absolute atomic E-state index is 12.9. The monoisotopic (exact) mass is 1110 g/mol. The van der Waals surface area contributed by atoms with Crippen molar-refractivity contribution in [3.05, 3.63) is 134 Å². The minimum Gasteiger partial charge on any atom is -0.462 e. The molecule has 0 aromatic rings. The minimum absolute atomic E-state index is 0.0931. The van der Waals surface area contributed by atoms with Gasteiger partial charge in [0.05, 0.1) is 0 Å². The van der Waals surface area contributed by atoms with Crippen molar-refractivity contribution in [3.8, 4) is 0 Å². The Kier molecular flexibility index (Phi) is 63.3. The Morgan fingerprint density at radius 1 is 0.263 bits per heavy atom. The molecule has 0 fully saturated rings. The second-order valence-electron chi connectivity index (χ2n) is 21.6. The molecule has 0 aromatic carbocycles. The highest BCUT2D eigenvalue weighted by atomic mass is 16.6. The first-order valence-corrected chi connectivity index (χ1v) is 33.2. The topological polar surface area (TPSA) is 78.9 Å². The molecule has 0 aliphatic rings. The number of carbonyl (C=O) groups excluding carboxylic acids is 3. The summed E-state index contributed by atoms with van der Waals surface area (Å²) < 4.78 is 16.9. The Bertz CT molecular complexity index is 1700. The molecular formula is C74H122O6. The third-order valence-electron chi connectivity index (χ3n) is 13.9. The quantitative estimate of drug-likeness (QED) is 0.0261. The summed E-state index contributed by atoms with van der Waals surface area (Å²) >= 11 is 0. The van der Waals surface area contributed by atoms with Gasteiger partial charge in [-0.15, -0.1) is 0 Å². The van der Waals surface area contributed by atoms with Crippen molar-refractivity contribution in [3.63, 3.8) is 0 Å². The molecule has 0 saturated heterocycles. The van der Waals surface area contributed by atoms with Crippen LogP contribution in [0, 0.1) is 0 Å². The zero-order chi connectivity index (χ0) is 57.8. The third kappa shape index (κ3) is 64.4. The largest absolute Gasteiger partial charge is 0.462 e. The van der Waals surface area contributed by atoms with Crippen LogP contribution in [-0.2, 0) is 28.6 Å². The summed E-state index contributed by atoms with van der Waals surface area (Å²) in [6.45, 7) is 6.44. The average molecular weight is 1110 g/mol. The second-order valence-corrected chi connectivity index (χ2v) is 21.6. The van der Waals surface area contributed by atoms with E-state index in [0.717, 1.165) is 148 Å². The first kappa shape index (κ1) is 75.5. The summed E-state index contributed by atoms with van der Waals surface area (Å²) in [6, 6.07) is 0. The average Bonchev–Trinajstić information content (AvgIpc) is 3.46. The number of unbranched alkanes of at least 4 members (excludes halogenated alkanes) is 26. The van der Waals surface area contributed by atoms with Crippen molar-refractivity contribution in [1.29, 1.82) is 0 Å². The van der Waals surface area contributed by atoms with E-state index in [4.69, 9.17) is 14.2 Å². The number of hydrogen-bond donors (Lipinski definition) is 0. The summed E-state index contributed by atoms with van der Waals surface area (Å²) in [5.41, 5.74) is 0. The van der Waals surface area contributed by atoms with Crippen molar-refractivity contribution < 1.29 is 28.6 Å². The van der Waals surface area contributed by atoms with Gasteiger partial charge >= 0.3 is 17.9 Å². The van der Waals surface area contributed by atoms with E-state index in [2.05, 4.69) is 154 Å². The van der Waals surface area contributed by atoms with Crippen LogP contribution in [0.1, 0.15) is 297 Å². The Morgan fingerprint density at radius 3 is 0.800 bits per heavy atom. The molecular weight excluding hydrogens is 985 g/mol. The van der Waals surface area contributed by atoms with Crippen LogP contribution in [-0.4, -0.2) is 37.2 Å². The van der Waals surface area contributed by atoms with Crippen LogP contribution in [0.25, 0.3) is 0 Å². The van der Waals surface area contributed by atoms with Gasteiger partial charge in [-0.3, -0.25) is 14.4 Å². The summed E-state index contributed by atoms with van der Waals surface area (Å²) in [5.74, 6) is -0.920. The van der Waals surface area contributed by atoms with E-state index < -0.39 is 6.10 Å². The van der Waals surface area contributed by atoms with Gasteiger partial charge in [0.25, 0.3) is 0 Å². The SMILES string of the molecule is CC/C=C\C/C=C\C/C=C\C/C=C\C/C=C\C/C=C\CCCCCCCCCCCCC(=O)OCC(COC(=O)CCCCCCC/C=C\C/C=C\CCCC)OC(=O)CCCCCCCC/C=C\C/C=C\C/C=C\CCCCC. The van der Waals surface area contributed by atoms with Gasteiger partial charge in [0.2, 0.25) is 0 Å². The number of esters is 3. The van der Waals surface area contributed by atoms with Crippen molar-refractivity contribution in [2.75, 3.05) is 13.2 Å². The molecule has 6 nitrogen and oxygen atoms in total. The van der Waals surface area contributed by atoms with Gasteiger partial charge < -0.3 is 14.2 Å².